The van der Waals surface area contributed by atoms with Gasteiger partial charge in [0.1, 0.15) is 5.75 Å². The van der Waals surface area contributed by atoms with E-state index in [0.29, 0.717) is 49.7 Å². The lowest BCUT2D eigenvalue weighted by molar-refractivity contribution is -0.140. The third-order valence-corrected chi connectivity index (χ3v) is 6.85. The molecule has 4 rings (SSSR count). The molecule has 0 saturated carbocycles. The van der Waals surface area contributed by atoms with Crippen molar-refractivity contribution in [2.45, 2.75) is 25.7 Å². The Balaban J connectivity index is 1.50. The van der Waals surface area contributed by atoms with Gasteiger partial charge in [0.05, 0.1) is 14.2 Å². The fourth-order valence-corrected chi connectivity index (χ4v) is 5.00. The summed E-state index contributed by atoms with van der Waals surface area (Å²) in [5.74, 6) is 1.02. The van der Waals surface area contributed by atoms with Gasteiger partial charge in [0.15, 0.2) is 18.1 Å². The molecule has 8 heteroatoms. The number of methoxy groups -OCH3 is 2. The van der Waals surface area contributed by atoms with Gasteiger partial charge in [-0.15, -0.1) is 0 Å². The lowest BCUT2D eigenvalue weighted by Crippen LogP contribution is -2.46. The number of carbonyl (C=O) groups is 2. The number of amides is 1. The van der Waals surface area contributed by atoms with Crippen molar-refractivity contribution in [3.63, 3.8) is 0 Å². The fraction of sp³-hybridized carbons (Fsp3) is 0.444. The Kier molecular flexibility index (Phi) is 7.90. The van der Waals surface area contributed by atoms with Gasteiger partial charge in [-0.25, -0.2) is 0 Å². The zero-order valence-electron chi connectivity index (χ0n) is 20.2. The van der Waals surface area contributed by atoms with E-state index in [1.807, 2.05) is 42.5 Å². The van der Waals surface area contributed by atoms with E-state index < -0.39 is 5.97 Å². The van der Waals surface area contributed by atoms with Crippen LogP contribution in [-0.4, -0.2) is 68.1 Å². The number of nitrogens with zero attached hydrogens (tertiary/aromatic N) is 2. The molecule has 2 aromatic rings. The number of aliphatic imine (C=N–C) groups is 1. The molecular formula is C27H32N2O6. The number of para-hydroxylation sites is 1. The van der Waals surface area contributed by atoms with Crippen LogP contribution in [0.5, 0.6) is 17.2 Å². The number of hydrogen-bond acceptors (Lipinski definition) is 6. The molecule has 2 aliphatic rings. The molecule has 0 aliphatic carbocycles. The molecule has 1 saturated heterocycles. The second-order valence-corrected chi connectivity index (χ2v) is 9.00. The van der Waals surface area contributed by atoms with Crippen LogP contribution >= 0.6 is 0 Å². The van der Waals surface area contributed by atoms with Crippen molar-refractivity contribution in [2.75, 3.05) is 40.5 Å². The molecule has 1 N–H and O–H groups in total. The number of carboxylic acids is 1. The van der Waals surface area contributed by atoms with Crippen LogP contribution in [0.4, 0.5) is 0 Å². The van der Waals surface area contributed by atoms with Gasteiger partial charge in [0, 0.05) is 37.3 Å². The molecule has 0 spiro atoms. The number of ether oxygens (including phenoxy) is 3. The first-order chi connectivity index (χ1) is 17.0. The van der Waals surface area contributed by atoms with E-state index >= 15 is 0 Å². The van der Waals surface area contributed by atoms with Gasteiger partial charge >= 0.3 is 5.97 Å². The predicted octanol–water partition coefficient (Wildman–Crippen LogP) is 3.46. The van der Waals surface area contributed by atoms with E-state index in [1.165, 1.54) is 0 Å². The van der Waals surface area contributed by atoms with Crippen molar-refractivity contribution in [3.8, 4) is 17.2 Å². The zero-order chi connectivity index (χ0) is 24.8. The summed E-state index contributed by atoms with van der Waals surface area (Å²) >= 11 is 0. The molecule has 0 bridgehead atoms. The van der Waals surface area contributed by atoms with E-state index in [1.54, 1.807) is 19.1 Å². The summed E-state index contributed by atoms with van der Waals surface area (Å²) in [5, 5.41) is 9.50. The Labute approximate surface area is 205 Å². The summed E-state index contributed by atoms with van der Waals surface area (Å²) in [6.45, 7) is 1.64. The minimum Gasteiger partial charge on any atom is -0.493 e. The van der Waals surface area contributed by atoms with Crippen LogP contribution in [0.25, 0.3) is 0 Å². The van der Waals surface area contributed by atoms with Crippen LogP contribution in [0.2, 0.25) is 0 Å². The SMILES string of the molecule is COc1cc2c(cc1OC)C(CC1CN(C(=O)COc3ccccc3)CCC1CC(=O)O)=NCC2. The molecule has 8 nitrogen and oxygen atoms in total. The third kappa shape index (κ3) is 5.93. The fourth-order valence-electron chi connectivity index (χ4n) is 5.00. The molecule has 2 atom stereocenters. The standard InChI is InChI=1S/C27H32N2O6/c1-33-24-13-19-8-10-28-23(22(19)15-25(24)34-2)12-20-16-29(11-9-18(20)14-27(31)32)26(30)17-35-21-6-4-3-5-7-21/h3-7,13,15,18,20H,8-12,14,16-17H2,1-2H3,(H,31,32). The monoisotopic (exact) mass is 480 g/mol. The Morgan fingerprint density at radius 1 is 1.09 bits per heavy atom. The van der Waals surface area contributed by atoms with E-state index in [-0.39, 0.29) is 30.8 Å². The van der Waals surface area contributed by atoms with Crippen LogP contribution in [0.1, 0.15) is 30.4 Å². The predicted molar refractivity (Wildman–Crippen MR) is 132 cm³/mol. The molecule has 1 fully saturated rings. The smallest absolute Gasteiger partial charge is 0.303 e. The average molecular weight is 481 g/mol. The number of rotatable bonds is 9. The number of hydrogen-bond donors (Lipinski definition) is 1. The molecule has 2 aliphatic heterocycles. The summed E-state index contributed by atoms with van der Waals surface area (Å²) in [5.41, 5.74) is 3.09. The largest absolute Gasteiger partial charge is 0.493 e. The van der Waals surface area contributed by atoms with E-state index in [0.717, 1.165) is 23.3 Å². The first kappa shape index (κ1) is 24.6. The van der Waals surface area contributed by atoms with E-state index in [4.69, 9.17) is 19.2 Å². The quantitative estimate of drug-likeness (QED) is 0.590. The highest BCUT2D eigenvalue weighted by molar-refractivity contribution is 6.03. The zero-order valence-corrected chi connectivity index (χ0v) is 20.2. The second kappa shape index (κ2) is 11.3. The summed E-state index contributed by atoms with van der Waals surface area (Å²) in [7, 11) is 3.22. The molecule has 0 radical (unpaired) electrons. The number of benzene rings is 2. The number of carbonyl (C=O) groups excluding carboxylic acids is 1. The lowest BCUT2D eigenvalue weighted by atomic mass is 9.78. The normalized spacial score (nSPS) is 19.4. The van der Waals surface area contributed by atoms with Crippen molar-refractivity contribution in [2.24, 2.45) is 16.8 Å². The van der Waals surface area contributed by atoms with Crippen LogP contribution in [0.15, 0.2) is 47.5 Å². The van der Waals surface area contributed by atoms with Gasteiger partial charge in [-0.3, -0.25) is 14.6 Å². The molecule has 2 heterocycles. The van der Waals surface area contributed by atoms with Gasteiger partial charge in [-0.1, -0.05) is 18.2 Å². The van der Waals surface area contributed by atoms with Crippen LogP contribution < -0.4 is 14.2 Å². The second-order valence-electron chi connectivity index (χ2n) is 9.00. The molecule has 0 aromatic heterocycles. The third-order valence-electron chi connectivity index (χ3n) is 6.85. The Bertz CT molecular complexity index is 1080. The van der Waals surface area contributed by atoms with Crippen molar-refractivity contribution in [1.29, 1.82) is 0 Å². The first-order valence-corrected chi connectivity index (χ1v) is 11.9. The minimum atomic E-state index is -0.815. The van der Waals surface area contributed by atoms with Crippen molar-refractivity contribution < 1.29 is 28.9 Å². The molecule has 35 heavy (non-hydrogen) atoms. The Morgan fingerprint density at radius 3 is 2.54 bits per heavy atom. The first-order valence-electron chi connectivity index (χ1n) is 11.9. The van der Waals surface area contributed by atoms with Crippen molar-refractivity contribution >= 4 is 17.6 Å². The van der Waals surface area contributed by atoms with E-state index in [9.17, 15) is 14.7 Å². The maximum absolute atomic E-state index is 12.9. The summed E-state index contributed by atoms with van der Waals surface area (Å²) in [6, 6.07) is 13.2. The van der Waals surface area contributed by atoms with Gasteiger partial charge in [-0.05, 0) is 60.9 Å². The van der Waals surface area contributed by atoms with E-state index in [2.05, 4.69) is 0 Å². The summed E-state index contributed by atoms with van der Waals surface area (Å²) in [6.07, 6.45) is 2.13. The molecule has 1 amide bonds. The minimum absolute atomic E-state index is 0.0154. The van der Waals surface area contributed by atoms with Crippen LogP contribution in [0.3, 0.4) is 0 Å². The van der Waals surface area contributed by atoms with Crippen molar-refractivity contribution in [1.82, 2.24) is 4.90 Å². The topological polar surface area (TPSA) is 97.7 Å². The maximum atomic E-state index is 12.9. The average Bonchev–Trinajstić information content (AvgIpc) is 2.88. The summed E-state index contributed by atoms with van der Waals surface area (Å²) in [4.78, 5) is 31.1. The number of fused-ring (bicyclic) bond motifs is 1. The molecule has 2 aromatic carbocycles. The van der Waals surface area contributed by atoms with Gasteiger partial charge in [-0.2, -0.15) is 0 Å². The molecule has 2 unspecified atom stereocenters. The maximum Gasteiger partial charge on any atom is 0.303 e. The highest BCUT2D eigenvalue weighted by Crippen LogP contribution is 2.36. The number of piperidine rings is 1. The van der Waals surface area contributed by atoms with Crippen molar-refractivity contribution in [3.05, 3.63) is 53.6 Å². The highest BCUT2D eigenvalue weighted by atomic mass is 16.5. The van der Waals surface area contributed by atoms with Gasteiger partial charge in [0.2, 0.25) is 0 Å². The number of likely N-dealkylation sites (tertiary alicyclic amines) is 1. The summed E-state index contributed by atoms with van der Waals surface area (Å²) < 4.78 is 16.6. The highest BCUT2D eigenvalue weighted by Gasteiger charge is 2.34. The van der Waals surface area contributed by atoms with Gasteiger partial charge in [0.25, 0.3) is 5.91 Å². The number of aliphatic carboxylic acids is 1. The number of carboxylic acid groups (broad SMARTS) is 1. The van der Waals surface area contributed by atoms with Crippen LogP contribution in [-0.2, 0) is 16.0 Å². The molecular weight excluding hydrogens is 448 g/mol. The molecule has 186 valence electrons. The lowest BCUT2D eigenvalue weighted by Gasteiger charge is -2.38. The Hall–Kier alpha value is -3.55. The van der Waals surface area contributed by atoms with Crippen LogP contribution in [0, 0.1) is 11.8 Å². The van der Waals surface area contributed by atoms with Gasteiger partial charge < -0.3 is 24.2 Å². The Morgan fingerprint density at radius 2 is 1.83 bits per heavy atom.